The van der Waals surface area contributed by atoms with Gasteiger partial charge in [0.05, 0.1) is 18.7 Å². The van der Waals surface area contributed by atoms with Crippen LogP contribution in [-0.2, 0) is 6.54 Å². The molecule has 0 unspecified atom stereocenters. The predicted octanol–water partition coefficient (Wildman–Crippen LogP) is 1.67. The number of nitrogens with one attached hydrogen (secondary N) is 1. The van der Waals surface area contributed by atoms with Gasteiger partial charge in [-0.2, -0.15) is 5.26 Å². The molecule has 1 aromatic rings. The fraction of sp³-hybridized carbons (Fsp3) is 0.500. The van der Waals surface area contributed by atoms with Gasteiger partial charge in [-0.05, 0) is 18.2 Å². The zero-order chi connectivity index (χ0) is 13.6. The Morgan fingerprint density at radius 1 is 1.44 bits per heavy atom. The molecule has 0 fully saturated rings. The van der Waals surface area contributed by atoms with Crippen molar-refractivity contribution in [1.82, 2.24) is 5.32 Å². The molecule has 2 N–H and O–H groups in total. The third-order valence-electron chi connectivity index (χ3n) is 2.76. The zero-order valence-electron chi connectivity index (χ0n) is 11.2. The smallest absolute Gasteiger partial charge is 0.123 e. The van der Waals surface area contributed by atoms with Gasteiger partial charge in [0.2, 0.25) is 0 Å². The highest BCUT2D eigenvalue weighted by atomic mass is 16.5. The molecule has 0 saturated heterocycles. The molecule has 1 aromatic carbocycles. The van der Waals surface area contributed by atoms with Crippen molar-refractivity contribution in [3.05, 3.63) is 29.3 Å². The van der Waals surface area contributed by atoms with Gasteiger partial charge >= 0.3 is 0 Å². The number of hydrogen-bond donors (Lipinski definition) is 2. The number of ether oxygens (including phenoxy) is 1. The second-order valence-corrected chi connectivity index (χ2v) is 5.06. The molecule has 0 aliphatic heterocycles. The minimum absolute atomic E-state index is 0.134. The van der Waals surface area contributed by atoms with Crippen LogP contribution in [0, 0.1) is 16.7 Å². The summed E-state index contributed by atoms with van der Waals surface area (Å²) in [5.41, 5.74) is 1.42. The Balaban J connectivity index is 2.69. The first kappa shape index (κ1) is 14.5. The van der Waals surface area contributed by atoms with Crippen molar-refractivity contribution in [3.8, 4) is 11.8 Å². The summed E-state index contributed by atoms with van der Waals surface area (Å²) in [4.78, 5) is 0. The Labute approximate surface area is 108 Å². The summed E-state index contributed by atoms with van der Waals surface area (Å²) >= 11 is 0. The van der Waals surface area contributed by atoms with E-state index in [1.54, 1.807) is 19.2 Å². The zero-order valence-corrected chi connectivity index (χ0v) is 11.2. The van der Waals surface area contributed by atoms with Crippen LogP contribution in [0.3, 0.4) is 0 Å². The summed E-state index contributed by atoms with van der Waals surface area (Å²) in [5.74, 6) is 0.767. The molecule has 18 heavy (non-hydrogen) atoms. The molecule has 0 amide bonds. The van der Waals surface area contributed by atoms with Gasteiger partial charge in [-0.1, -0.05) is 13.8 Å². The third kappa shape index (κ3) is 4.02. The van der Waals surface area contributed by atoms with E-state index >= 15 is 0 Å². The molecule has 98 valence electrons. The van der Waals surface area contributed by atoms with Gasteiger partial charge in [-0.3, -0.25) is 0 Å². The van der Waals surface area contributed by atoms with Crippen LogP contribution in [0.2, 0.25) is 0 Å². The SMILES string of the molecule is COc1ccc(C#N)cc1CNCC(C)(C)CO. The first-order valence-corrected chi connectivity index (χ1v) is 5.91. The molecule has 0 heterocycles. The fourth-order valence-electron chi connectivity index (χ4n) is 1.58. The first-order chi connectivity index (χ1) is 8.52. The largest absolute Gasteiger partial charge is 0.496 e. The van der Waals surface area contributed by atoms with Crippen molar-refractivity contribution < 1.29 is 9.84 Å². The third-order valence-corrected chi connectivity index (χ3v) is 2.76. The van der Waals surface area contributed by atoms with Gasteiger partial charge in [0, 0.05) is 30.7 Å². The van der Waals surface area contributed by atoms with Crippen LogP contribution in [0.1, 0.15) is 25.0 Å². The second-order valence-electron chi connectivity index (χ2n) is 5.06. The standard InChI is InChI=1S/C14H20N2O2/c1-14(2,10-17)9-16-8-12-6-11(7-15)4-5-13(12)18-3/h4-6,16-17H,8-10H2,1-3H3. The minimum atomic E-state index is -0.153. The number of nitrogens with zero attached hydrogens (tertiary/aromatic N) is 1. The van der Waals surface area contributed by atoms with Crippen LogP contribution in [0.15, 0.2) is 18.2 Å². The van der Waals surface area contributed by atoms with Crippen LogP contribution < -0.4 is 10.1 Å². The Bertz CT molecular complexity index is 436. The number of aliphatic hydroxyl groups excluding tert-OH is 1. The van der Waals surface area contributed by atoms with Crippen molar-refractivity contribution in [2.45, 2.75) is 20.4 Å². The molecule has 0 atom stereocenters. The Morgan fingerprint density at radius 3 is 2.72 bits per heavy atom. The van der Waals surface area contributed by atoms with Gasteiger partial charge in [-0.15, -0.1) is 0 Å². The topological polar surface area (TPSA) is 65.3 Å². The molecule has 4 heteroatoms. The molecule has 1 rings (SSSR count). The highest BCUT2D eigenvalue weighted by molar-refractivity contribution is 5.41. The van der Waals surface area contributed by atoms with Crippen molar-refractivity contribution in [1.29, 1.82) is 5.26 Å². The van der Waals surface area contributed by atoms with E-state index in [9.17, 15) is 0 Å². The second kappa shape index (κ2) is 6.39. The molecular weight excluding hydrogens is 228 g/mol. The van der Waals surface area contributed by atoms with Gasteiger partial charge in [0.25, 0.3) is 0 Å². The van der Waals surface area contributed by atoms with Gasteiger partial charge in [0.15, 0.2) is 0 Å². The molecule has 4 nitrogen and oxygen atoms in total. The summed E-state index contributed by atoms with van der Waals surface area (Å²) in [6.45, 7) is 5.42. The lowest BCUT2D eigenvalue weighted by atomic mass is 9.95. The highest BCUT2D eigenvalue weighted by Gasteiger charge is 2.15. The number of nitriles is 1. The monoisotopic (exact) mass is 248 g/mol. The summed E-state index contributed by atoms with van der Waals surface area (Å²) in [6, 6.07) is 7.46. The van der Waals surface area contributed by atoms with E-state index in [2.05, 4.69) is 11.4 Å². The molecule has 0 radical (unpaired) electrons. The lowest BCUT2D eigenvalue weighted by molar-refractivity contribution is 0.156. The van der Waals surface area contributed by atoms with Gasteiger partial charge < -0.3 is 15.2 Å². The van der Waals surface area contributed by atoms with E-state index in [0.29, 0.717) is 18.7 Å². The molecule has 0 aromatic heterocycles. The van der Waals surface area contributed by atoms with Crippen LogP contribution >= 0.6 is 0 Å². The van der Waals surface area contributed by atoms with Crippen molar-refractivity contribution in [3.63, 3.8) is 0 Å². The maximum absolute atomic E-state index is 9.17. The number of methoxy groups -OCH3 is 1. The average Bonchev–Trinajstić information content (AvgIpc) is 2.38. The van der Waals surface area contributed by atoms with E-state index in [0.717, 1.165) is 11.3 Å². The minimum Gasteiger partial charge on any atom is -0.496 e. The molecule has 0 bridgehead atoms. The van der Waals surface area contributed by atoms with Crippen LogP contribution in [-0.4, -0.2) is 25.4 Å². The fourth-order valence-corrected chi connectivity index (χ4v) is 1.58. The van der Waals surface area contributed by atoms with E-state index in [1.807, 2.05) is 19.9 Å². The lowest BCUT2D eigenvalue weighted by Crippen LogP contribution is -2.32. The molecule has 0 aliphatic carbocycles. The molecule has 0 saturated carbocycles. The molecular formula is C14H20N2O2. The van der Waals surface area contributed by atoms with E-state index in [4.69, 9.17) is 15.1 Å². The van der Waals surface area contributed by atoms with Crippen LogP contribution in [0.25, 0.3) is 0 Å². The van der Waals surface area contributed by atoms with Crippen LogP contribution in [0.5, 0.6) is 5.75 Å². The van der Waals surface area contributed by atoms with E-state index in [-0.39, 0.29) is 12.0 Å². The predicted molar refractivity (Wildman–Crippen MR) is 70.3 cm³/mol. The summed E-state index contributed by atoms with van der Waals surface area (Å²) < 4.78 is 5.26. The van der Waals surface area contributed by atoms with Crippen molar-refractivity contribution >= 4 is 0 Å². The van der Waals surface area contributed by atoms with E-state index < -0.39 is 0 Å². The first-order valence-electron chi connectivity index (χ1n) is 5.91. The number of rotatable bonds is 6. The van der Waals surface area contributed by atoms with Crippen molar-refractivity contribution in [2.24, 2.45) is 5.41 Å². The van der Waals surface area contributed by atoms with Crippen molar-refractivity contribution in [2.75, 3.05) is 20.3 Å². The molecule has 0 aliphatic rings. The van der Waals surface area contributed by atoms with Crippen LogP contribution in [0.4, 0.5) is 0 Å². The number of benzene rings is 1. The van der Waals surface area contributed by atoms with Gasteiger partial charge in [0.1, 0.15) is 5.75 Å². The highest BCUT2D eigenvalue weighted by Crippen LogP contribution is 2.20. The van der Waals surface area contributed by atoms with Gasteiger partial charge in [-0.25, -0.2) is 0 Å². The van der Waals surface area contributed by atoms with E-state index in [1.165, 1.54) is 0 Å². The Hall–Kier alpha value is -1.57. The Kier molecular flexibility index (Phi) is 5.14. The lowest BCUT2D eigenvalue weighted by Gasteiger charge is -2.22. The maximum atomic E-state index is 9.17. The average molecular weight is 248 g/mol. The normalized spacial score (nSPS) is 11.1. The molecule has 0 spiro atoms. The summed E-state index contributed by atoms with van der Waals surface area (Å²) in [6.07, 6.45) is 0. The summed E-state index contributed by atoms with van der Waals surface area (Å²) in [7, 11) is 1.61. The number of hydrogen-bond acceptors (Lipinski definition) is 4. The maximum Gasteiger partial charge on any atom is 0.123 e. The quantitative estimate of drug-likeness (QED) is 0.804. The summed E-state index contributed by atoms with van der Waals surface area (Å²) in [5, 5.41) is 21.3. The number of aliphatic hydroxyl groups is 1. The Morgan fingerprint density at radius 2 is 2.17 bits per heavy atom.